The lowest BCUT2D eigenvalue weighted by Gasteiger charge is -2.27. The van der Waals surface area contributed by atoms with E-state index in [1.807, 2.05) is 0 Å². The van der Waals surface area contributed by atoms with Crippen molar-refractivity contribution in [3.8, 4) is 0 Å². The quantitative estimate of drug-likeness (QED) is 0.751. The number of sulfonamides is 1. The van der Waals surface area contributed by atoms with E-state index >= 15 is 0 Å². The predicted octanol–water partition coefficient (Wildman–Crippen LogP) is -0.211. The second-order valence-corrected chi connectivity index (χ2v) is 6.71. The molecule has 0 saturated carbocycles. The summed E-state index contributed by atoms with van der Waals surface area (Å²) in [5.74, 6) is 0. The molecular weight excluding hydrogens is 228 g/mol. The molecule has 0 radical (unpaired) electrons. The summed E-state index contributed by atoms with van der Waals surface area (Å²) in [4.78, 5) is 0. The molecule has 2 heterocycles. The average molecular weight is 248 g/mol. The van der Waals surface area contributed by atoms with Gasteiger partial charge in [-0.3, -0.25) is 0 Å². The van der Waals surface area contributed by atoms with Crippen LogP contribution in [0.3, 0.4) is 0 Å². The Kier molecular flexibility index (Phi) is 3.84. The van der Waals surface area contributed by atoms with E-state index in [4.69, 9.17) is 4.74 Å². The molecule has 1 atom stereocenters. The van der Waals surface area contributed by atoms with Crippen molar-refractivity contribution in [2.75, 3.05) is 33.3 Å². The molecule has 0 spiro atoms. The second kappa shape index (κ2) is 5.00. The van der Waals surface area contributed by atoms with Crippen molar-refractivity contribution in [3.05, 3.63) is 0 Å². The van der Waals surface area contributed by atoms with E-state index in [2.05, 4.69) is 5.32 Å². The Balaban J connectivity index is 2.01. The Hall–Kier alpha value is -0.170. The molecule has 1 N–H and O–H groups in total. The summed E-state index contributed by atoms with van der Waals surface area (Å²) >= 11 is 0. The highest BCUT2D eigenvalue weighted by Gasteiger charge is 2.37. The first kappa shape index (κ1) is 12.3. The number of methoxy groups -OCH3 is 1. The zero-order chi connectivity index (χ0) is 11.6. The minimum Gasteiger partial charge on any atom is -0.380 e. The van der Waals surface area contributed by atoms with E-state index in [1.165, 1.54) is 0 Å². The minimum absolute atomic E-state index is 0.0801. The van der Waals surface area contributed by atoms with Crippen LogP contribution in [0.2, 0.25) is 0 Å². The molecule has 6 heteroatoms. The van der Waals surface area contributed by atoms with Gasteiger partial charge in [0.15, 0.2) is 0 Å². The molecule has 5 nitrogen and oxygen atoms in total. The molecule has 16 heavy (non-hydrogen) atoms. The summed E-state index contributed by atoms with van der Waals surface area (Å²) < 4.78 is 31.4. The molecule has 2 aliphatic heterocycles. The van der Waals surface area contributed by atoms with Crippen LogP contribution in [-0.4, -0.2) is 57.4 Å². The molecule has 0 aromatic rings. The van der Waals surface area contributed by atoms with Crippen molar-refractivity contribution in [2.45, 2.75) is 30.6 Å². The first-order valence-corrected chi connectivity index (χ1v) is 7.37. The Labute approximate surface area is 97.2 Å². The monoisotopic (exact) mass is 248 g/mol. The van der Waals surface area contributed by atoms with Crippen LogP contribution >= 0.6 is 0 Å². The number of rotatable bonds is 3. The lowest BCUT2D eigenvalue weighted by Crippen LogP contribution is -2.43. The Morgan fingerprint density at radius 3 is 2.50 bits per heavy atom. The fourth-order valence-electron chi connectivity index (χ4n) is 2.43. The highest BCUT2D eigenvalue weighted by atomic mass is 32.2. The van der Waals surface area contributed by atoms with Gasteiger partial charge in [-0.1, -0.05) is 0 Å². The second-order valence-electron chi connectivity index (χ2n) is 4.50. The van der Waals surface area contributed by atoms with Crippen molar-refractivity contribution >= 4 is 10.0 Å². The SMILES string of the molecule is COC1CCN(S(=O)(=O)C2CCNCC2)C1. The average Bonchev–Trinajstić information content (AvgIpc) is 2.79. The van der Waals surface area contributed by atoms with Crippen molar-refractivity contribution in [2.24, 2.45) is 0 Å². The highest BCUT2D eigenvalue weighted by molar-refractivity contribution is 7.89. The lowest BCUT2D eigenvalue weighted by atomic mass is 10.2. The van der Waals surface area contributed by atoms with Gasteiger partial charge >= 0.3 is 0 Å². The lowest BCUT2D eigenvalue weighted by molar-refractivity contribution is 0.115. The summed E-state index contributed by atoms with van der Waals surface area (Å²) in [5.41, 5.74) is 0. The van der Waals surface area contributed by atoms with E-state index in [9.17, 15) is 8.42 Å². The van der Waals surface area contributed by atoms with Gasteiger partial charge in [0.2, 0.25) is 10.0 Å². The molecule has 94 valence electrons. The van der Waals surface area contributed by atoms with Crippen molar-refractivity contribution in [1.29, 1.82) is 0 Å². The van der Waals surface area contributed by atoms with Crippen LogP contribution in [0.5, 0.6) is 0 Å². The van der Waals surface area contributed by atoms with Gasteiger partial charge in [0.25, 0.3) is 0 Å². The van der Waals surface area contributed by atoms with Gasteiger partial charge in [-0.2, -0.15) is 4.31 Å². The van der Waals surface area contributed by atoms with Gasteiger partial charge in [-0.05, 0) is 32.4 Å². The Bertz CT molecular complexity index is 325. The summed E-state index contributed by atoms with van der Waals surface area (Å²) in [5, 5.41) is 3.00. The maximum Gasteiger partial charge on any atom is 0.217 e. The van der Waals surface area contributed by atoms with Gasteiger partial charge in [0, 0.05) is 20.2 Å². The third-order valence-electron chi connectivity index (χ3n) is 3.51. The molecular formula is C10H20N2O3S. The topological polar surface area (TPSA) is 58.6 Å². The van der Waals surface area contributed by atoms with Crippen LogP contribution in [0.15, 0.2) is 0 Å². The Morgan fingerprint density at radius 1 is 1.25 bits per heavy atom. The number of nitrogens with zero attached hydrogens (tertiary/aromatic N) is 1. The first-order valence-electron chi connectivity index (χ1n) is 5.87. The van der Waals surface area contributed by atoms with Crippen LogP contribution in [0.25, 0.3) is 0 Å². The maximum absolute atomic E-state index is 12.3. The summed E-state index contributed by atoms with van der Waals surface area (Å²) in [6, 6.07) is 0. The van der Waals surface area contributed by atoms with Crippen molar-refractivity contribution in [1.82, 2.24) is 9.62 Å². The third-order valence-corrected chi connectivity index (χ3v) is 5.87. The zero-order valence-electron chi connectivity index (χ0n) is 9.68. The van der Waals surface area contributed by atoms with Crippen LogP contribution in [0.4, 0.5) is 0 Å². The standard InChI is InChI=1S/C10H20N2O3S/c1-15-9-4-7-12(8-9)16(13,14)10-2-5-11-6-3-10/h9-11H,2-8H2,1H3. The van der Waals surface area contributed by atoms with Gasteiger partial charge in [0.1, 0.15) is 0 Å². The van der Waals surface area contributed by atoms with E-state index in [0.717, 1.165) is 32.4 Å². The molecule has 2 rings (SSSR count). The molecule has 2 aliphatic rings. The molecule has 0 bridgehead atoms. The van der Waals surface area contributed by atoms with Gasteiger partial charge in [-0.15, -0.1) is 0 Å². The number of ether oxygens (including phenoxy) is 1. The van der Waals surface area contributed by atoms with E-state index in [0.29, 0.717) is 13.1 Å². The minimum atomic E-state index is -3.09. The molecule has 1 unspecified atom stereocenters. The summed E-state index contributed by atoms with van der Waals surface area (Å²) in [6.45, 7) is 2.77. The van der Waals surface area contributed by atoms with Crippen LogP contribution in [-0.2, 0) is 14.8 Å². The number of nitrogens with one attached hydrogen (secondary N) is 1. The van der Waals surface area contributed by atoms with Gasteiger partial charge in [-0.25, -0.2) is 8.42 Å². The molecule has 0 aliphatic carbocycles. The van der Waals surface area contributed by atoms with E-state index in [1.54, 1.807) is 11.4 Å². The normalized spacial score (nSPS) is 29.7. The third kappa shape index (κ3) is 2.40. The zero-order valence-corrected chi connectivity index (χ0v) is 10.5. The van der Waals surface area contributed by atoms with E-state index < -0.39 is 10.0 Å². The Morgan fingerprint density at radius 2 is 1.94 bits per heavy atom. The van der Waals surface area contributed by atoms with Gasteiger partial charge in [0.05, 0.1) is 11.4 Å². The molecule has 0 aromatic carbocycles. The maximum atomic E-state index is 12.3. The summed E-state index contributed by atoms with van der Waals surface area (Å²) in [6.07, 6.45) is 2.37. The van der Waals surface area contributed by atoms with Crippen molar-refractivity contribution < 1.29 is 13.2 Å². The van der Waals surface area contributed by atoms with Crippen LogP contribution < -0.4 is 5.32 Å². The van der Waals surface area contributed by atoms with Crippen LogP contribution in [0, 0.1) is 0 Å². The fourth-order valence-corrected chi connectivity index (χ4v) is 4.41. The fraction of sp³-hybridized carbons (Fsp3) is 1.00. The molecule has 2 saturated heterocycles. The van der Waals surface area contributed by atoms with Gasteiger partial charge < -0.3 is 10.1 Å². The van der Waals surface area contributed by atoms with Crippen LogP contribution in [0.1, 0.15) is 19.3 Å². The molecule has 0 amide bonds. The largest absolute Gasteiger partial charge is 0.380 e. The predicted molar refractivity (Wildman–Crippen MR) is 61.8 cm³/mol. The first-order chi connectivity index (χ1) is 7.64. The van der Waals surface area contributed by atoms with Crippen molar-refractivity contribution in [3.63, 3.8) is 0 Å². The number of piperidine rings is 1. The highest BCUT2D eigenvalue weighted by Crippen LogP contribution is 2.23. The van der Waals surface area contributed by atoms with E-state index in [-0.39, 0.29) is 11.4 Å². The smallest absolute Gasteiger partial charge is 0.217 e. The number of hydrogen-bond acceptors (Lipinski definition) is 4. The molecule has 2 fully saturated rings. The number of hydrogen-bond donors (Lipinski definition) is 1. The molecule has 0 aromatic heterocycles. The summed E-state index contributed by atoms with van der Waals surface area (Å²) in [7, 11) is -1.45.